The lowest BCUT2D eigenvalue weighted by atomic mass is 9.97. The third-order valence-electron chi connectivity index (χ3n) is 4.56. The zero-order valence-corrected chi connectivity index (χ0v) is 14.8. The molecule has 0 spiro atoms. The molecule has 3 N–H and O–H groups in total. The Balaban J connectivity index is 1.61. The minimum absolute atomic E-state index is 0.0446. The van der Waals surface area contributed by atoms with Gasteiger partial charge in [0.05, 0.1) is 5.92 Å². The number of aromatic nitrogens is 2. The SMILES string of the molecule is Cc1cc(C)nc(NCc2ccc(N3CCCC(C(N)=O)C3)cc2)n1. The van der Waals surface area contributed by atoms with Crippen LogP contribution in [0, 0.1) is 19.8 Å². The summed E-state index contributed by atoms with van der Waals surface area (Å²) < 4.78 is 0. The van der Waals surface area contributed by atoms with Crippen LogP contribution in [0.5, 0.6) is 0 Å². The van der Waals surface area contributed by atoms with E-state index in [4.69, 9.17) is 5.73 Å². The van der Waals surface area contributed by atoms with Crippen LogP contribution < -0.4 is 16.0 Å². The first-order valence-electron chi connectivity index (χ1n) is 8.70. The van der Waals surface area contributed by atoms with Crippen molar-refractivity contribution in [2.45, 2.75) is 33.2 Å². The van der Waals surface area contributed by atoms with Gasteiger partial charge >= 0.3 is 0 Å². The largest absolute Gasteiger partial charge is 0.371 e. The van der Waals surface area contributed by atoms with E-state index in [0.29, 0.717) is 19.0 Å². The summed E-state index contributed by atoms with van der Waals surface area (Å²) in [6.07, 6.45) is 1.89. The normalized spacial score (nSPS) is 17.4. The van der Waals surface area contributed by atoms with E-state index in [-0.39, 0.29) is 11.8 Å². The molecule has 1 saturated heterocycles. The molecule has 0 saturated carbocycles. The quantitative estimate of drug-likeness (QED) is 0.874. The Bertz CT molecular complexity index is 724. The van der Waals surface area contributed by atoms with Crippen molar-refractivity contribution in [1.29, 1.82) is 0 Å². The Morgan fingerprint density at radius 3 is 2.56 bits per heavy atom. The van der Waals surface area contributed by atoms with E-state index in [1.807, 2.05) is 19.9 Å². The number of hydrogen-bond donors (Lipinski definition) is 2. The number of amides is 1. The molecule has 1 unspecified atom stereocenters. The molecule has 25 heavy (non-hydrogen) atoms. The third kappa shape index (κ3) is 4.47. The number of benzene rings is 1. The summed E-state index contributed by atoms with van der Waals surface area (Å²) in [5, 5.41) is 3.27. The summed E-state index contributed by atoms with van der Waals surface area (Å²) in [6, 6.07) is 10.3. The van der Waals surface area contributed by atoms with Gasteiger partial charge in [-0.05, 0) is 50.5 Å². The van der Waals surface area contributed by atoms with E-state index >= 15 is 0 Å². The highest BCUT2D eigenvalue weighted by molar-refractivity contribution is 5.77. The van der Waals surface area contributed by atoms with Crippen molar-refractivity contribution < 1.29 is 4.79 Å². The number of primary amides is 1. The Morgan fingerprint density at radius 1 is 1.24 bits per heavy atom. The van der Waals surface area contributed by atoms with E-state index in [9.17, 15) is 4.79 Å². The summed E-state index contributed by atoms with van der Waals surface area (Å²) >= 11 is 0. The topological polar surface area (TPSA) is 84.1 Å². The molecule has 1 amide bonds. The maximum absolute atomic E-state index is 11.4. The number of piperidine rings is 1. The van der Waals surface area contributed by atoms with Crippen LogP contribution in [0.2, 0.25) is 0 Å². The van der Waals surface area contributed by atoms with Crippen LogP contribution in [0.25, 0.3) is 0 Å². The number of aryl methyl sites for hydroxylation is 2. The maximum atomic E-state index is 11.4. The number of nitrogens with zero attached hydrogens (tertiary/aromatic N) is 3. The van der Waals surface area contributed by atoms with Gasteiger partial charge in [0.2, 0.25) is 11.9 Å². The number of nitrogens with two attached hydrogens (primary N) is 1. The number of hydrogen-bond acceptors (Lipinski definition) is 5. The van der Waals surface area contributed by atoms with E-state index < -0.39 is 0 Å². The molecule has 0 bridgehead atoms. The van der Waals surface area contributed by atoms with Crippen molar-refractivity contribution in [3.05, 3.63) is 47.3 Å². The van der Waals surface area contributed by atoms with Crippen molar-refractivity contribution in [1.82, 2.24) is 9.97 Å². The molecule has 6 heteroatoms. The van der Waals surface area contributed by atoms with Crippen LogP contribution >= 0.6 is 0 Å². The molecule has 0 radical (unpaired) electrons. The molecule has 6 nitrogen and oxygen atoms in total. The molecule has 1 aliphatic rings. The van der Waals surface area contributed by atoms with Gasteiger partial charge in [-0.15, -0.1) is 0 Å². The zero-order valence-electron chi connectivity index (χ0n) is 14.8. The summed E-state index contributed by atoms with van der Waals surface area (Å²) in [6.45, 7) is 6.29. The Morgan fingerprint density at radius 2 is 1.92 bits per heavy atom. The molecule has 2 aromatic rings. The minimum Gasteiger partial charge on any atom is -0.371 e. The molecule has 1 aromatic heterocycles. The zero-order chi connectivity index (χ0) is 17.8. The summed E-state index contributed by atoms with van der Waals surface area (Å²) in [7, 11) is 0. The minimum atomic E-state index is -0.195. The van der Waals surface area contributed by atoms with Crippen LogP contribution in [0.3, 0.4) is 0 Å². The molecular weight excluding hydrogens is 314 g/mol. The van der Waals surface area contributed by atoms with Gasteiger partial charge in [0.15, 0.2) is 0 Å². The van der Waals surface area contributed by atoms with Gasteiger partial charge in [-0.2, -0.15) is 0 Å². The predicted molar refractivity (Wildman–Crippen MR) is 99.4 cm³/mol. The van der Waals surface area contributed by atoms with Crippen LogP contribution in [-0.2, 0) is 11.3 Å². The molecular formula is C19H25N5O. The highest BCUT2D eigenvalue weighted by Crippen LogP contribution is 2.23. The van der Waals surface area contributed by atoms with Crippen LogP contribution in [0.15, 0.2) is 30.3 Å². The fourth-order valence-corrected chi connectivity index (χ4v) is 3.25. The van der Waals surface area contributed by atoms with Crippen LogP contribution in [0.4, 0.5) is 11.6 Å². The second kappa shape index (κ2) is 7.51. The Labute approximate surface area is 148 Å². The third-order valence-corrected chi connectivity index (χ3v) is 4.56. The monoisotopic (exact) mass is 339 g/mol. The van der Waals surface area contributed by atoms with E-state index in [2.05, 4.69) is 44.5 Å². The van der Waals surface area contributed by atoms with Crippen molar-refractivity contribution in [2.24, 2.45) is 11.7 Å². The number of nitrogens with one attached hydrogen (secondary N) is 1. The van der Waals surface area contributed by atoms with Crippen molar-refractivity contribution in [3.63, 3.8) is 0 Å². The standard InChI is InChI=1S/C19H25N5O/c1-13-10-14(2)23-19(22-13)21-11-15-5-7-17(8-6-15)24-9-3-4-16(12-24)18(20)25/h5-8,10,16H,3-4,9,11-12H2,1-2H3,(H2,20,25)(H,21,22,23). The Kier molecular flexibility index (Phi) is 5.16. The van der Waals surface area contributed by atoms with Gasteiger partial charge in [-0.1, -0.05) is 12.1 Å². The number of anilines is 2. The second-order valence-electron chi connectivity index (χ2n) is 6.68. The maximum Gasteiger partial charge on any atom is 0.223 e. The lowest BCUT2D eigenvalue weighted by Crippen LogP contribution is -2.41. The predicted octanol–water partition coefficient (Wildman–Crippen LogP) is 2.41. The number of rotatable bonds is 5. The molecule has 132 valence electrons. The summed E-state index contributed by atoms with van der Waals surface area (Å²) in [5.74, 6) is 0.415. The van der Waals surface area contributed by atoms with Crippen LogP contribution in [0.1, 0.15) is 29.8 Å². The first-order valence-corrected chi connectivity index (χ1v) is 8.70. The fraction of sp³-hybridized carbons (Fsp3) is 0.421. The van der Waals surface area contributed by atoms with Gasteiger partial charge in [-0.25, -0.2) is 9.97 Å². The number of carbonyl (C=O) groups excluding carboxylic acids is 1. The first kappa shape index (κ1) is 17.2. The molecule has 1 fully saturated rings. The molecule has 1 atom stereocenters. The average molecular weight is 339 g/mol. The highest BCUT2D eigenvalue weighted by Gasteiger charge is 2.23. The van der Waals surface area contributed by atoms with Gasteiger partial charge in [-0.3, -0.25) is 4.79 Å². The summed E-state index contributed by atoms with van der Waals surface area (Å²) in [5.41, 5.74) is 9.68. The molecule has 2 heterocycles. The lowest BCUT2D eigenvalue weighted by Gasteiger charge is -2.33. The summed E-state index contributed by atoms with van der Waals surface area (Å²) in [4.78, 5) is 22.4. The highest BCUT2D eigenvalue weighted by atomic mass is 16.1. The van der Waals surface area contributed by atoms with Crippen LogP contribution in [-0.4, -0.2) is 29.0 Å². The lowest BCUT2D eigenvalue weighted by molar-refractivity contribution is -0.122. The van der Waals surface area contributed by atoms with Crippen molar-refractivity contribution in [2.75, 3.05) is 23.3 Å². The van der Waals surface area contributed by atoms with Gasteiger partial charge in [0, 0.05) is 36.7 Å². The Hall–Kier alpha value is -2.63. The van der Waals surface area contributed by atoms with Gasteiger partial charge in [0.1, 0.15) is 0 Å². The van der Waals surface area contributed by atoms with Crippen molar-refractivity contribution >= 4 is 17.5 Å². The molecule has 1 aliphatic heterocycles. The average Bonchev–Trinajstić information content (AvgIpc) is 2.60. The second-order valence-corrected chi connectivity index (χ2v) is 6.68. The first-order chi connectivity index (χ1) is 12.0. The van der Waals surface area contributed by atoms with Gasteiger partial charge < -0.3 is 16.0 Å². The number of carbonyl (C=O) groups is 1. The van der Waals surface area contributed by atoms with E-state index in [0.717, 1.165) is 42.0 Å². The molecule has 3 rings (SSSR count). The smallest absolute Gasteiger partial charge is 0.223 e. The van der Waals surface area contributed by atoms with E-state index in [1.165, 1.54) is 0 Å². The molecule has 1 aromatic carbocycles. The van der Waals surface area contributed by atoms with E-state index in [1.54, 1.807) is 0 Å². The van der Waals surface area contributed by atoms with Crippen molar-refractivity contribution in [3.8, 4) is 0 Å². The van der Waals surface area contributed by atoms with Gasteiger partial charge in [0.25, 0.3) is 0 Å². The fourth-order valence-electron chi connectivity index (χ4n) is 3.25. The molecule has 0 aliphatic carbocycles.